The Morgan fingerprint density at radius 1 is 1.29 bits per heavy atom. The summed E-state index contributed by atoms with van der Waals surface area (Å²) in [5, 5.41) is 10.6. The van der Waals surface area contributed by atoms with Gasteiger partial charge in [0.2, 0.25) is 5.96 Å². The molecule has 74 valence electrons. The lowest BCUT2D eigenvalue weighted by Gasteiger charge is -1.95. The van der Waals surface area contributed by atoms with E-state index >= 15 is 0 Å². The van der Waals surface area contributed by atoms with Gasteiger partial charge in [-0.25, -0.2) is 0 Å². The number of hydrogen-bond acceptors (Lipinski definition) is 3. The van der Waals surface area contributed by atoms with Crippen molar-refractivity contribution in [2.45, 2.75) is 0 Å². The Bertz CT molecular complexity index is 339. The Kier molecular flexibility index (Phi) is 3.60. The van der Waals surface area contributed by atoms with Crippen LogP contribution in [0.4, 0.5) is 11.4 Å². The molecule has 0 bridgehead atoms. The normalized spacial score (nSPS) is 12.0. The molecule has 0 amide bonds. The standard InChI is InChI=1S/C9H13N5/c1-11-9(12-2)14-13-8-5-3-7(10)4-6-8/h3-6H,10H2,1-2H3,(H,11,12). The molecular formula is C9H13N5. The molecule has 1 aromatic rings. The van der Waals surface area contributed by atoms with Gasteiger partial charge in [0.25, 0.3) is 0 Å². The van der Waals surface area contributed by atoms with E-state index in [2.05, 4.69) is 20.5 Å². The van der Waals surface area contributed by atoms with Crippen LogP contribution >= 0.6 is 0 Å². The molecule has 0 spiro atoms. The molecule has 0 heterocycles. The Labute approximate surface area is 82.8 Å². The van der Waals surface area contributed by atoms with Crippen molar-refractivity contribution in [2.75, 3.05) is 19.8 Å². The molecule has 0 aromatic heterocycles. The van der Waals surface area contributed by atoms with Crippen LogP contribution in [-0.4, -0.2) is 20.1 Å². The van der Waals surface area contributed by atoms with Crippen molar-refractivity contribution in [1.82, 2.24) is 5.32 Å². The van der Waals surface area contributed by atoms with Crippen molar-refractivity contribution >= 4 is 17.3 Å². The minimum atomic E-state index is 0.488. The third-order valence-corrected chi connectivity index (χ3v) is 1.59. The molecule has 5 heteroatoms. The highest BCUT2D eigenvalue weighted by atomic mass is 15.2. The van der Waals surface area contributed by atoms with Crippen molar-refractivity contribution < 1.29 is 0 Å². The first kappa shape index (κ1) is 10.2. The maximum atomic E-state index is 5.53. The van der Waals surface area contributed by atoms with Gasteiger partial charge in [0.05, 0.1) is 5.69 Å². The molecule has 0 aliphatic carbocycles. The summed E-state index contributed by atoms with van der Waals surface area (Å²) < 4.78 is 0. The van der Waals surface area contributed by atoms with Crippen LogP contribution in [-0.2, 0) is 0 Å². The van der Waals surface area contributed by atoms with Crippen LogP contribution in [0, 0.1) is 0 Å². The smallest absolute Gasteiger partial charge is 0.237 e. The fraction of sp³-hybridized carbons (Fsp3) is 0.222. The van der Waals surface area contributed by atoms with E-state index in [-0.39, 0.29) is 0 Å². The Hall–Kier alpha value is -1.91. The molecule has 0 saturated heterocycles. The number of rotatable bonds is 1. The van der Waals surface area contributed by atoms with Gasteiger partial charge >= 0.3 is 0 Å². The fourth-order valence-electron chi connectivity index (χ4n) is 0.853. The van der Waals surface area contributed by atoms with Crippen molar-refractivity contribution in [2.24, 2.45) is 15.2 Å². The highest BCUT2D eigenvalue weighted by molar-refractivity contribution is 5.79. The number of nitrogens with one attached hydrogen (secondary N) is 1. The van der Waals surface area contributed by atoms with E-state index in [1.807, 2.05) is 0 Å². The highest BCUT2D eigenvalue weighted by Gasteiger charge is 1.90. The minimum absolute atomic E-state index is 0.488. The molecule has 5 nitrogen and oxygen atoms in total. The molecule has 0 saturated carbocycles. The molecule has 0 unspecified atom stereocenters. The van der Waals surface area contributed by atoms with E-state index < -0.39 is 0 Å². The minimum Gasteiger partial charge on any atom is -0.399 e. The van der Waals surface area contributed by atoms with Gasteiger partial charge in [0.15, 0.2) is 0 Å². The predicted octanol–water partition coefficient (Wildman–Crippen LogP) is 1.56. The number of anilines is 1. The number of aliphatic imine (C=N–C) groups is 1. The Morgan fingerprint density at radius 3 is 2.43 bits per heavy atom. The first-order valence-electron chi connectivity index (χ1n) is 4.18. The largest absolute Gasteiger partial charge is 0.399 e. The van der Waals surface area contributed by atoms with Crippen LogP contribution in [0.25, 0.3) is 0 Å². The fourth-order valence-corrected chi connectivity index (χ4v) is 0.853. The summed E-state index contributed by atoms with van der Waals surface area (Å²) in [6, 6.07) is 7.14. The molecule has 0 aliphatic heterocycles. The first-order chi connectivity index (χ1) is 6.76. The molecule has 0 fully saturated rings. The van der Waals surface area contributed by atoms with Crippen LogP contribution < -0.4 is 11.1 Å². The van der Waals surface area contributed by atoms with Crippen LogP contribution in [0.15, 0.2) is 39.5 Å². The zero-order valence-electron chi connectivity index (χ0n) is 8.23. The van der Waals surface area contributed by atoms with E-state index in [0.717, 1.165) is 5.69 Å². The van der Waals surface area contributed by atoms with Crippen LogP contribution in [0.3, 0.4) is 0 Å². The second kappa shape index (κ2) is 4.96. The lowest BCUT2D eigenvalue weighted by Crippen LogP contribution is -2.14. The Morgan fingerprint density at radius 2 is 1.93 bits per heavy atom. The summed E-state index contributed by atoms with van der Waals surface area (Å²) in [5.74, 6) is 0.488. The van der Waals surface area contributed by atoms with E-state index in [0.29, 0.717) is 11.6 Å². The number of nitrogen functional groups attached to an aromatic ring is 1. The first-order valence-corrected chi connectivity index (χ1v) is 4.18. The summed E-state index contributed by atoms with van der Waals surface area (Å²) in [5.41, 5.74) is 6.98. The van der Waals surface area contributed by atoms with Crippen LogP contribution in [0.5, 0.6) is 0 Å². The number of hydrogen-bond donors (Lipinski definition) is 2. The predicted molar refractivity (Wildman–Crippen MR) is 57.8 cm³/mol. The summed E-state index contributed by atoms with van der Waals surface area (Å²) in [4.78, 5) is 3.86. The third kappa shape index (κ3) is 2.85. The zero-order valence-corrected chi connectivity index (χ0v) is 8.23. The molecule has 14 heavy (non-hydrogen) atoms. The number of guanidine groups is 1. The topological polar surface area (TPSA) is 75.1 Å². The monoisotopic (exact) mass is 191 g/mol. The number of azo groups is 1. The van der Waals surface area contributed by atoms with Crippen LogP contribution in [0.2, 0.25) is 0 Å². The number of nitrogens with zero attached hydrogens (tertiary/aromatic N) is 3. The zero-order chi connectivity index (χ0) is 10.4. The molecule has 1 aromatic carbocycles. The molecule has 0 atom stereocenters. The highest BCUT2D eigenvalue weighted by Crippen LogP contribution is 2.14. The second-order valence-corrected chi connectivity index (χ2v) is 2.59. The lowest BCUT2D eigenvalue weighted by molar-refractivity contribution is 1.08. The van der Waals surface area contributed by atoms with Gasteiger partial charge in [-0.05, 0) is 24.3 Å². The molecular weight excluding hydrogens is 178 g/mol. The van der Waals surface area contributed by atoms with Gasteiger partial charge in [-0.3, -0.25) is 4.99 Å². The van der Waals surface area contributed by atoms with Gasteiger partial charge in [0, 0.05) is 19.8 Å². The lowest BCUT2D eigenvalue weighted by atomic mass is 10.3. The average molecular weight is 191 g/mol. The van der Waals surface area contributed by atoms with E-state index in [4.69, 9.17) is 5.73 Å². The summed E-state index contributed by atoms with van der Waals surface area (Å²) in [7, 11) is 3.39. The average Bonchev–Trinajstić information content (AvgIpc) is 2.22. The van der Waals surface area contributed by atoms with Crippen molar-refractivity contribution in [3.63, 3.8) is 0 Å². The molecule has 0 aliphatic rings. The Balaban J connectivity index is 2.73. The molecule has 3 N–H and O–H groups in total. The van der Waals surface area contributed by atoms with Crippen molar-refractivity contribution in [3.8, 4) is 0 Å². The summed E-state index contributed by atoms with van der Waals surface area (Å²) >= 11 is 0. The summed E-state index contributed by atoms with van der Waals surface area (Å²) in [6.45, 7) is 0. The maximum Gasteiger partial charge on any atom is 0.237 e. The summed E-state index contributed by atoms with van der Waals surface area (Å²) in [6.07, 6.45) is 0. The van der Waals surface area contributed by atoms with Gasteiger partial charge in [0.1, 0.15) is 0 Å². The quantitative estimate of drug-likeness (QED) is 0.306. The van der Waals surface area contributed by atoms with Crippen molar-refractivity contribution in [1.29, 1.82) is 0 Å². The maximum absolute atomic E-state index is 5.53. The van der Waals surface area contributed by atoms with Gasteiger partial charge in [-0.2, -0.15) is 0 Å². The molecule has 1 rings (SSSR count). The number of nitrogens with two attached hydrogens (primary N) is 1. The number of benzene rings is 1. The van der Waals surface area contributed by atoms with E-state index in [1.54, 1.807) is 38.4 Å². The van der Waals surface area contributed by atoms with E-state index in [9.17, 15) is 0 Å². The molecule has 0 radical (unpaired) electrons. The third-order valence-electron chi connectivity index (χ3n) is 1.59. The SMILES string of the molecule is CN=C(N=Nc1ccc(N)cc1)NC. The van der Waals surface area contributed by atoms with Crippen LogP contribution in [0.1, 0.15) is 0 Å². The van der Waals surface area contributed by atoms with Gasteiger partial charge in [-0.15, -0.1) is 10.2 Å². The van der Waals surface area contributed by atoms with E-state index in [1.165, 1.54) is 0 Å². The van der Waals surface area contributed by atoms with Gasteiger partial charge in [-0.1, -0.05) is 0 Å². The van der Waals surface area contributed by atoms with Crippen molar-refractivity contribution in [3.05, 3.63) is 24.3 Å². The second-order valence-electron chi connectivity index (χ2n) is 2.59. The van der Waals surface area contributed by atoms with Gasteiger partial charge < -0.3 is 11.1 Å².